The Hall–Kier alpha value is -1.24. The summed E-state index contributed by atoms with van der Waals surface area (Å²) in [5.41, 5.74) is 0. The fourth-order valence-corrected chi connectivity index (χ4v) is 3.25. The molecule has 0 bridgehead atoms. The Kier molecular flexibility index (Phi) is 5.80. The van der Waals surface area contributed by atoms with Gasteiger partial charge < -0.3 is 14.4 Å². The third kappa shape index (κ3) is 4.19. The van der Waals surface area contributed by atoms with Crippen molar-refractivity contribution in [3.63, 3.8) is 0 Å². The molecule has 3 heterocycles. The van der Waals surface area contributed by atoms with Gasteiger partial charge in [-0.05, 0) is 31.7 Å². The summed E-state index contributed by atoms with van der Waals surface area (Å²) in [6, 6.07) is 2.14. The van der Waals surface area contributed by atoms with Crippen LogP contribution in [0.2, 0.25) is 0 Å². The Labute approximate surface area is 138 Å². The van der Waals surface area contributed by atoms with Crippen molar-refractivity contribution in [1.82, 2.24) is 14.9 Å². The lowest BCUT2D eigenvalue weighted by atomic mass is 9.98. The molecule has 0 N–H and O–H groups in total. The molecule has 3 rings (SSSR count). The summed E-state index contributed by atoms with van der Waals surface area (Å²) in [5.74, 6) is 2.58. The van der Waals surface area contributed by atoms with E-state index in [0.29, 0.717) is 12.5 Å². The number of anilines is 1. The standard InChI is InChI=1S/C17H28N4O2/c1-3-20(2)16-4-7-18-17(19-16)15-13-23-11-8-21(15)12-14-5-9-22-10-6-14/h4,7,14-15H,3,5-6,8-13H2,1-2H3. The van der Waals surface area contributed by atoms with Gasteiger partial charge >= 0.3 is 0 Å². The van der Waals surface area contributed by atoms with Gasteiger partial charge in [-0.25, -0.2) is 9.97 Å². The molecule has 0 aliphatic carbocycles. The normalized spacial score (nSPS) is 23.8. The van der Waals surface area contributed by atoms with Crippen LogP contribution < -0.4 is 4.90 Å². The average molecular weight is 320 g/mol. The fourth-order valence-electron chi connectivity index (χ4n) is 3.25. The first-order valence-electron chi connectivity index (χ1n) is 8.71. The summed E-state index contributed by atoms with van der Waals surface area (Å²) >= 11 is 0. The smallest absolute Gasteiger partial charge is 0.150 e. The number of hydrogen-bond donors (Lipinski definition) is 0. The van der Waals surface area contributed by atoms with Gasteiger partial charge in [-0.1, -0.05) is 0 Å². The van der Waals surface area contributed by atoms with E-state index in [4.69, 9.17) is 14.5 Å². The summed E-state index contributed by atoms with van der Waals surface area (Å²) in [6.45, 7) is 8.39. The second-order valence-electron chi connectivity index (χ2n) is 6.43. The van der Waals surface area contributed by atoms with E-state index in [2.05, 4.69) is 28.8 Å². The summed E-state index contributed by atoms with van der Waals surface area (Å²) in [7, 11) is 2.06. The fraction of sp³-hybridized carbons (Fsp3) is 0.765. The Bertz CT molecular complexity index is 493. The molecule has 1 aromatic heterocycles. The number of hydrogen-bond acceptors (Lipinski definition) is 6. The van der Waals surface area contributed by atoms with Crippen LogP contribution in [0.5, 0.6) is 0 Å². The maximum Gasteiger partial charge on any atom is 0.150 e. The van der Waals surface area contributed by atoms with Crippen molar-refractivity contribution in [3.8, 4) is 0 Å². The molecule has 128 valence electrons. The molecular formula is C17H28N4O2. The van der Waals surface area contributed by atoms with Crippen LogP contribution in [0.4, 0.5) is 5.82 Å². The van der Waals surface area contributed by atoms with Gasteiger partial charge in [0.15, 0.2) is 0 Å². The lowest BCUT2D eigenvalue weighted by Gasteiger charge is -2.37. The first-order chi connectivity index (χ1) is 11.3. The molecule has 2 aliphatic rings. The molecule has 23 heavy (non-hydrogen) atoms. The molecule has 1 atom stereocenters. The zero-order chi connectivity index (χ0) is 16.1. The first kappa shape index (κ1) is 16.6. The van der Waals surface area contributed by atoms with Crippen LogP contribution in [0, 0.1) is 5.92 Å². The maximum atomic E-state index is 5.72. The van der Waals surface area contributed by atoms with Gasteiger partial charge in [-0.15, -0.1) is 0 Å². The van der Waals surface area contributed by atoms with Crippen LogP contribution in [0.1, 0.15) is 31.6 Å². The van der Waals surface area contributed by atoms with Crippen molar-refractivity contribution in [1.29, 1.82) is 0 Å². The predicted molar refractivity (Wildman–Crippen MR) is 89.7 cm³/mol. The Morgan fingerprint density at radius 1 is 1.26 bits per heavy atom. The van der Waals surface area contributed by atoms with E-state index in [1.165, 1.54) is 0 Å². The summed E-state index contributed by atoms with van der Waals surface area (Å²) in [4.78, 5) is 14.0. The number of rotatable bonds is 5. The van der Waals surface area contributed by atoms with E-state index in [-0.39, 0.29) is 6.04 Å². The minimum atomic E-state index is 0.164. The SMILES string of the molecule is CCN(C)c1ccnc(C2COCCN2CC2CCOCC2)n1. The van der Waals surface area contributed by atoms with Crippen molar-refractivity contribution in [3.05, 3.63) is 18.1 Å². The van der Waals surface area contributed by atoms with Crippen LogP contribution in [-0.4, -0.2) is 68.0 Å². The van der Waals surface area contributed by atoms with E-state index in [1.54, 1.807) is 0 Å². The molecule has 0 aromatic carbocycles. The highest BCUT2D eigenvalue weighted by atomic mass is 16.5. The highest BCUT2D eigenvalue weighted by Crippen LogP contribution is 2.26. The zero-order valence-electron chi connectivity index (χ0n) is 14.3. The number of morpholine rings is 1. The third-order valence-corrected chi connectivity index (χ3v) is 4.90. The second kappa shape index (κ2) is 8.04. The molecule has 0 radical (unpaired) electrons. The minimum absolute atomic E-state index is 0.164. The third-order valence-electron chi connectivity index (χ3n) is 4.90. The van der Waals surface area contributed by atoms with E-state index >= 15 is 0 Å². The molecule has 6 nitrogen and oxygen atoms in total. The Balaban J connectivity index is 1.72. The molecule has 6 heteroatoms. The second-order valence-corrected chi connectivity index (χ2v) is 6.43. The Morgan fingerprint density at radius 2 is 2.09 bits per heavy atom. The van der Waals surface area contributed by atoms with Gasteiger partial charge in [-0.2, -0.15) is 0 Å². The van der Waals surface area contributed by atoms with E-state index in [0.717, 1.165) is 63.9 Å². The van der Waals surface area contributed by atoms with E-state index < -0.39 is 0 Å². The van der Waals surface area contributed by atoms with Crippen LogP contribution in [0.3, 0.4) is 0 Å². The summed E-state index contributed by atoms with van der Waals surface area (Å²) in [5, 5.41) is 0. The summed E-state index contributed by atoms with van der Waals surface area (Å²) < 4.78 is 11.2. The van der Waals surface area contributed by atoms with Crippen LogP contribution in [0.25, 0.3) is 0 Å². The van der Waals surface area contributed by atoms with Crippen molar-refractivity contribution in [2.75, 3.05) is 58.0 Å². The van der Waals surface area contributed by atoms with Crippen LogP contribution in [0.15, 0.2) is 12.3 Å². The quantitative estimate of drug-likeness (QED) is 0.823. The molecule has 2 saturated heterocycles. The van der Waals surface area contributed by atoms with Crippen molar-refractivity contribution < 1.29 is 9.47 Å². The monoisotopic (exact) mass is 320 g/mol. The van der Waals surface area contributed by atoms with Gasteiger partial charge in [0, 0.05) is 46.1 Å². The molecule has 2 fully saturated rings. The van der Waals surface area contributed by atoms with Gasteiger partial charge in [0.05, 0.1) is 19.3 Å². The van der Waals surface area contributed by atoms with E-state index in [9.17, 15) is 0 Å². The number of nitrogens with zero attached hydrogens (tertiary/aromatic N) is 4. The molecule has 0 amide bonds. The van der Waals surface area contributed by atoms with Crippen molar-refractivity contribution in [2.45, 2.75) is 25.8 Å². The lowest BCUT2D eigenvalue weighted by Crippen LogP contribution is -2.43. The molecule has 0 spiro atoms. The van der Waals surface area contributed by atoms with Crippen LogP contribution >= 0.6 is 0 Å². The van der Waals surface area contributed by atoms with Gasteiger partial charge in [-0.3, -0.25) is 4.90 Å². The highest BCUT2D eigenvalue weighted by Gasteiger charge is 2.29. The average Bonchev–Trinajstić information content (AvgIpc) is 2.62. The van der Waals surface area contributed by atoms with E-state index in [1.807, 2.05) is 12.3 Å². The predicted octanol–water partition coefficient (Wildman–Crippen LogP) is 1.73. The highest BCUT2D eigenvalue weighted by molar-refractivity contribution is 5.36. The summed E-state index contributed by atoms with van der Waals surface area (Å²) in [6.07, 6.45) is 4.18. The zero-order valence-corrected chi connectivity index (χ0v) is 14.3. The Morgan fingerprint density at radius 3 is 2.87 bits per heavy atom. The molecule has 0 saturated carbocycles. The van der Waals surface area contributed by atoms with Crippen LogP contribution in [-0.2, 0) is 9.47 Å². The number of ether oxygens (including phenoxy) is 2. The van der Waals surface area contributed by atoms with Crippen molar-refractivity contribution >= 4 is 5.82 Å². The van der Waals surface area contributed by atoms with Crippen molar-refractivity contribution in [2.24, 2.45) is 5.92 Å². The lowest BCUT2D eigenvalue weighted by molar-refractivity contribution is -0.0295. The molecule has 1 aromatic rings. The molecule has 2 aliphatic heterocycles. The number of aromatic nitrogens is 2. The molecule has 1 unspecified atom stereocenters. The maximum absolute atomic E-state index is 5.72. The minimum Gasteiger partial charge on any atom is -0.381 e. The van der Waals surface area contributed by atoms with Gasteiger partial charge in [0.25, 0.3) is 0 Å². The first-order valence-corrected chi connectivity index (χ1v) is 8.71. The topological polar surface area (TPSA) is 50.7 Å². The molecular weight excluding hydrogens is 292 g/mol. The van der Waals surface area contributed by atoms with Gasteiger partial charge in [0.1, 0.15) is 11.6 Å². The largest absolute Gasteiger partial charge is 0.381 e. The van der Waals surface area contributed by atoms with Gasteiger partial charge in [0.2, 0.25) is 0 Å².